The first-order valence-corrected chi connectivity index (χ1v) is 14.9. The second-order valence-electron chi connectivity index (χ2n) is 10.2. The van der Waals surface area contributed by atoms with Crippen LogP contribution in [-0.4, -0.2) is 27.3 Å². The van der Waals surface area contributed by atoms with E-state index >= 15 is 0 Å². The maximum absolute atomic E-state index is 14.1. The lowest BCUT2D eigenvalue weighted by Crippen LogP contribution is -2.28. The lowest BCUT2D eigenvalue weighted by atomic mass is 9.96. The number of ether oxygens (including phenoxy) is 1. The van der Waals surface area contributed by atoms with Crippen molar-refractivity contribution in [2.75, 3.05) is 11.1 Å². The van der Waals surface area contributed by atoms with E-state index in [2.05, 4.69) is 19.2 Å². The number of nitrogens with zero attached hydrogens (tertiary/aromatic N) is 2. The first-order chi connectivity index (χ1) is 18.9. The largest absolute Gasteiger partial charge is 0.372 e. The molecule has 8 heteroatoms. The van der Waals surface area contributed by atoms with Crippen LogP contribution in [0.4, 0.5) is 5.69 Å². The number of benzene rings is 3. The minimum Gasteiger partial charge on any atom is -0.372 e. The quantitative estimate of drug-likeness (QED) is 0.186. The predicted molar refractivity (Wildman–Crippen MR) is 160 cm³/mol. The molecule has 1 atom stereocenters. The van der Waals surface area contributed by atoms with Gasteiger partial charge in [-0.2, -0.15) is 0 Å². The fourth-order valence-corrected chi connectivity index (χ4v) is 7.06. The van der Waals surface area contributed by atoms with Gasteiger partial charge in [0.1, 0.15) is 4.83 Å². The van der Waals surface area contributed by atoms with Gasteiger partial charge in [-0.05, 0) is 47.6 Å². The molecule has 0 radical (unpaired) electrons. The van der Waals surface area contributed by atoms with Crippen LogP contribution in [0, 0.1) is 12.8 Å². The Morgan fingerprint density at radius 2 is 1.95 bits per heavy atom. The summed E-state index contributed by atoms with van der Waals surface area (Å²) in [6, 6.07) is 21.7. The van der Waals surface area contributed by atoms with Crippen LogP contribution in [0.3, 0.4) is 0 Å². The van der Waals surface area contributed by atoms with Gasteiger partial charge in [0.2, 0.25) is 5.91 Å². The van der Waals surface area contributed by atoms with Crippen LogP contribution in [0.5, 0.6) is 0 Å². The molecule has 1 unspecified atom stereocenters. The number of rotatable bonds is 6. The Morgan fingerprint density at radius 3 is 2.77 bits per heavy atom. The van der Waals surface area contributed by atoms with Gasteiger partial charge in [-0.1, -0.05) is 74.1 Å². The molecule has 5 aromatic rings. The first kappa shape index (κ1) is 25.8. The summed E-state index contributed by atoms with van der Waals surface area (Å²) in [4.78, 5) is 33.9. The van der Waals surface area contributed by atoms with E-state index in [1.807, 2.05) is 73.7 Å². The van der Waals surface area contributed by atoms with Gasteiger partial charge in [0, 0.05) is 22.4 Å². The third kappa shape index (κ3) is 5.00. The number of amides is 1. The number of anilines is 1. The third-order valence-corrected chi connectivity index (χ3v) is 9.15. The average molecular weight is 556 g/mol. The van der Waals surface area contributed by atoms with Gasteiger partial charge in [0.05, 0.1) is 29.5 Å². The molecule has 198 valence electrons. The SMILES string of the molecule is Cc1cccc(-n2c(SCC(=O)Nc3cccc4ccccc34)nc3sc4c(c3c2=O)CC(C(C)C)OC4)c1. The Kier molecular flexibility index (Phi) is 7.01. The summed E-state index contributed by atoms with van der Waals surface area (Å²) < 4.78 is 7.74. The molecule has 0 aliphatic carbocycles. The van der Waals surface area contributed by atoms with Crippen LogP contribution >= 0.6 is 23.1 Å². The molecule has 0 fully saturated rings. The van der Waals surface area contributed by atoms with Gasteiger partial charge < -0.3 is 10.1 Å². The van der Waals surface area contributed by atoms with E-state index in [-0.39, 0.29) is 23.3 Å². The summed E-state index contributed by atoms with van der Waals surface area (Å²) in [5.41, 5.74) is 3.53. The zero-order valence-electron chi connectivity index (χ0n) is 22.1. The van der Waals surface area contributed by atoms with Crippen molar-refractivity contribution < 1.29 is 9.53 Å². The highest BCUT2D eigenvalue weighted by atomic mass is 32.2. The van der Waals surface area contributed by atoms with Crippen molar-refractivity contribution in [3.8, 4) is 5.69 Å². The van der Waals surface area contributed by atoms with Crippen LogP contribution in [-0.2, 0) is 22.6 Å². The molecule has 39 heavy (non-hydrogen) atoms. The number of thioether (sulfide) groups is 1. The Hall–Kier alpha value is -3.46. The normalized spacial score (nSPS) is 15.1. The second kappa shape index (κ2) is 10.6. The fraction of sp³-hybridized carbons (Fsp3) is 0.258. The molecule has 3 aromatic carbocycles. The van der Waals surface area contributed by atoms with E-state index in [0.717, 1.165) is 38.2 Å². The van der Waals surface area contributed by atoms with Crippen LogP contribution in [0.2, 0.25) is 0 Å². The molecule has 0 saturated heterocycles. The molecule has 1 aliphatic rings. The number of hydrogen-bond donors (Lipinski definition) is 1. The lowest BCUT2D eigenvalue weighted by Gasteiger charge is -2.26. The van der Waals surface area contributed by atoms with Gasteiger partial charge >= 0.3 is 0 Å². The van der Waals surface area contributed by atoms with E-state index in [9.17, 15) is 9.59 Å². The van der Waals surface area contributed by atoms with E-state index in [4.69, 9.17) is 9.72 Å². The number of thiophene rings is 1. The van der Waals surface area contributed by atoms with Crippen molar-refractivity contribution in [3.63, 3.8) is 0 Å². The van der Waals surface area contributed by atoms with Gasteiger partial charge in [-0.3, -0.25) is 14.2 Å². The summed E-state index contributed by atoms with van der Waals surface area (Å²) >= 11 is 2.80. The molecule has 0 spiro atoms. The number of aromatic nitrogens is 2. The fourth-order valence-electron chi connectivity index (χ4n) is 5.08. The van der Waals surface area contributed by atoms with Gasteiger partial charge in [-0.15, -0.1) is 11.3 Å². The number of aryl methyl sites for hydroxylation is 1. The molecular weight excluding hydrogens is 526 g/mol. The molecule has 1 N–H and O–H groups in total. The molecule has 2 aromatic heterocycles. The smallest absolute Gasteiger partial charge is 0.267 e. The summed E-state index contributed by atoms with van der Waals surface area (Å²) in [6.07, 6.45) is 0.784. The summed E-state index contributed by atoms with van der Waals surface area (Å²) in [5, 5.41) is 6.27. The summed E-state index contributed by atoms with van der Waals surface area (Å²) in [5.74, 6) is 0.326. The maximum Gasteiger partial charge on any atom is 0.267 e. The minimum atomic E-state index is -0.153. The van der Waals surface area contributed by atoms with Gasteiger partial charge in [0.15, 0.2) is 5.16 Å². The Bertz CT molecular complexity index is 1770. The first-order valence-electron chi connectivity index (χ1n) is 13.1. The van der Waals surface area contributed by atoms with Crippen LogP contribution in [0.1, 0.15) is 29.9 Å². The number of nitrogens with one attached hydrogen (secondary N) is 1. The molecule has 0 bridgehead atoms. The van der Waals surface area contributed by atoms with Crippen molar-refractivity contribution in [1.29, 1.82) is 0 Å². The zero-order chi connectivity index (χ0) is 27.1. The van der Waals surface area contributed by atoms with Crippen molar-refractivity contribution >= 4 is 55.7 Å². The molecule has 1 aliphatic heterocycles. The van der Waals surface area contributed by atoms with Crippen LogP contribution < -0.4 is 10.9 Å². The number of carbonyl (C=O) groups is 1. The van der Waals surface area contributed by atoms with E-state index in [1.54, 1.807) is 4.57 Å². The number of hydrogen-bond acceptors (Lipinski definition) is 6. The monoisotopic (exact) mass is 555 g/mol. The highest BCUT2D eigenvalue weighted by molar-refractivity contribution is 7.99. The Morgan fingerprint density at radius 1 is 1.15 bits per heavy atom. The van der Waals surface area contributed by atoms with Crippen molar-refractivity contribution in [3.05, 3.63) is 93.1 Å². The highest BCUT2D eigenvalue weighted by Gasteiger charge is 2.29. The highest BCUT2D eigenvalue weighted by Crippen LogP contribution is 2.36. The molecule has 0 saturated carbocycles. The topological polar surface area (TPSA) is 73.2 Å². The second-order valence-corrected chi connectivity index (χ2v) is 12.2. The van der Waals surface area contributed by atoms with E-state index < -0.39 is 0 Å². The summed E-state index contributed by atoms with van der Waals surface area (Å²) in [6.45, 7) is 6.79. The molecule has 6 nitrogen and oxygen atoms in total. The minimum absolute atomic E-state index is 0.0777. The van der Waals surface area contributed by atoms with Gasteiger partial charge in [-0.25, -0.2) is 4.98 Å². The molecule has 3 heterocycles. The standard InChI is InChI=1S/C31H29N3O3S2/c1-18(2)25-15-23-26(16-37-25)39-29-28(23)30(36)34(21-11-6-8-19(3)14-21)31(33-29)38-17-27(35)32-24-13-7-10-20-9-4-5-12-22(20)24/h4-14,18,25H,15-17H2,1-3H3,(H,32,35). The van der Waals surface area contributed by atoms with Gasteiger partial charge in [0.25, 0.3) is 5.56 Å². The van der Waals surface area contributed by atoms with Crippen molar-refractivity contribution in [1.82, 2.24) is 9.55 Å². The van der Waals surface area contributed by atoms with Crippen LogP contribution in [0.25, 0.3) is 26.7 Å². The maximum atomic E-state index is 14.1. The molecule has 6 rings (SSSR count). The lowest BCUT2D eigenvalue weighted by molar-refractivity contribution is -0.113. The number of carbonyl (C=O) groups excluding carboxylic acids is 1. The zero-order valence-corrected chi connectivity index (χ0v) is 23.7. The molecular formula is C31H29N3O3S2. The predicted octanol–water partition coefficient (Wildman–Crippen LogP) is 6.74. The van der Waals surface area contributed by atoms with E-state index in [0.29, 0.717) is 34.3 Å². The number of fused-ring (bicyclic) bond motifs is 4. The van der Waals surface area contributed by atoms with Crippen LogP contribution in [0.15, 0.2) is 76.7 Å². The summed E-state index contributed by atoms with van der Waals surface area (Å²) in [7, 11) is 0. The van der Waals surface area contributed by atoms with E-state index in [1.165, 1.54) is 23.1 Å². The third-order valence-electron chi connectivity index (χ3n) is 7.11. The Balaban J connectivity index is 1.37. The molecule has 1 amide bonds. The average Bonchev–Trinajstić information content (AvgIpc) is 3.30. The Labute approximate surface area is 235 Å². The van der Waals surface area contributed by atoms with Crippen molar-refractivity contribution in [2.24, 2.45) is 5.92 Å². The van der Waals surface area contributed by atoms with Crippen molar-refractivity contribution in [2.45, 2.75) is 45.1 Å².